The molecule has 0 atom stereocenters. The van der Waals surface area contributed by atoms with Gasteiger partial charge in [-0.1, -0.05) is 24.3 Å². The van der Waals surface area contributed by atoms with Crippen LogP contribution >= 0.6 is 0 Å². The molecule has 0 aliphatic carbocycles. The first-order valence-electron chi connectivity index (χ1n) is 8.87. The molecule has 0 spiro atoms. The number of carbonyl (C=O) groups is 1. The topological polar surface area (TPSA) is 93.1 Å². The molecule has 0 unspecified atom stereocenters. The molecule has 28 heavy (non-hydrogen) atoms. The molecule has 1 amide bonds. The number of rotatable bonds is 7. The number of amides is 1. The molecule has 0 saturated carbocycles. The first-order valence-corrected chi connectivity index (χ1v) is 10.4. The molecule has 8 heteroatoms. The summed E-state index contributed by atoms with van der Waals surface area (Å²) in [7, 11) is -3.62. The first-order chi connectivity index (χ1) is 13.4. The normalized spacial score (nSPS) is 11.4. The lowest BCUT2D eigenvalue weighted by atomic mass is 10.1. The molecule has 0 saturated heterocycles. The van der Waals surface area contributed by atoms with Gasteiger partial charge in [0.2, 0.25) is 15.9 Å². The summed E-state index contributed by atoms with van der Waals surface area (Å²) in [5.74, 6) is -0.128. The van der Waals surface area contributed by atoms with Crippen molar-refractivity contribution in [3.63, 3.8) is 0 Å². The molecule has 0 bridgehead atoms. The number of hydrogen-bond acceptors (Lipinski definition) is 4. The van der Waals surface area contributed by atoms with Crippen molar-refractivity contribution in [1.29, 1.82) is 0 Å². The third-order valence-electron chi connectivity index (χ3n) is 4.25. The predicted octanol–water partition coefficient (Wildman–Crippen LogP) is 3.01. The maximum atomic E-state index is 12.5. The van der Waals surface area contributed by atoms with Gasteiger partial charge in [0.05, 0.1) is 17.1 Å². The Hall–Kier alpha value is -2.97. The van der Waals surface area contributed by atoms with E-state index in [-0.39, 0.29) is 17.3 Å². The van der Waals surface area contributed by atoms with Crippen molar-refractivity contribution in [3.8, 4) is 11.1 Å². The lowest BCUT2D eigenvalue weighted by Gasteiger charge is -2.09. The maximum absolute atomic E-state index is 12.5. The minimum Gasteiger partial charge on any atom is -0.326 e. The summed E-state index contributed by atoms with van der Waals surface area (Å²) in [5, 5.41) is 6.85. The molecular weight excluding hydrogens is 376 g/mol. The van der Waals surface area contributed by atoms with Gasteiger partial charge in [-0.2, -0.15) is 5.10 Å². The number of benzene rings is 2. The number of hydrogen-bond donors (Lipinski definition) is 2. The van der Waals surface area contributed by atoms with E-state index in [4.69, 9.17) is 0 Å². The van der Waals surface area contributed by atoms with Gasteiger partial charge in [-0.25, -0.2) is 13.1 Å². The van der Waals surface area contributed by atoms with Crippen LogP contribution in [0.5, 0.6) is 0 Å². The van der Waals surface area contributed by atoms with Gasteiger partial charge < -0.3 is 5.32 Å². The number of nitrogens with zero attached hydrogens (tertiary/aromatic N) is 2. The molecule has 1 heterocycles. The minimum absolute atomic E-state index is 0.128. The lowest BCUT2D eigenvalue weighted by molar-refractivity contribution is -0.114. The zero-order valence-corrected chi connectivity index (χ0v) is 16.5. The number of nitrogens with one attached hydrogen (secondary N) is 2. The van der Waals surface area contributed by atoms with Crippen molar-refractivity contribution in [2.24, 2.45) is 0 Å². The second-order valence-electron chi connectivity index (χ2n) is 6.25. The average molecular weight is 398 g/mol. The molecular formula is C20H22N4O3S. The largest absolute Gasteiger partial charge is 0.326 e. The van der Waals surface area contributed by atoms with Crippen LogP contribution in [0.4, 0.5) is 5.69 Å². The highest BCUT2D eigenvalue weighted by atomic mass is 32.2. The Morgan fingerprint density at radius 2 is 1.61 bits per heavy atom. The van der Waals surface area contributed by atoms with Crippen LogP contribution in [0.25, 0.3) is 11.1 Å². The number of aryl methyl sites for hydroxylation is 1. The summed E-state index contributed by atoms with van der Waals surface area (Å²) in [6.45, 7) is 4.27. The highest BCUT2D eigenvalue weighted by Crippen LogP contribution is 2.23. The van der Waals surface area contributed by atoms with Crippen LogP contribution in [-0.2, 0) is 27.9 Å². The van der Waals surface area contributed by atoms with Gasteiger partial charge in [0.15, 0.2) is 0 Å². The van der Waals surface area contributed by atoms with E-state index in [2.05, 4.69) is 15.1 Å². The van der Waals surface area contributed by atoms with Gasteiger partial charge in [0.25, 0.3) is 0 Å². The van der Waals surface area contributed by atoms with Crippen LogP contribution in [0.1, 0.15) is 19.5 Å². The summed E-state index contributed by atoms with van der Waals surface area (Å²) in [6, 6.07) is 15.8. The molecule has 3 aromatic rings. The molecule has 146 valence electrons. The monoisotopic (exact) mass is 398 g/mol. The Morgan fingerprint density at radius 1 is 1.00 bits per heavy atom. The Morgan fingerprint density at radius 3 is 2.18 bits per heavy atom. The van der Waals surface area contributed by atoms with Gasteiger partial charge in [-0.05, 0) is 48.4 Å². The summed E-state index contributed by atoms with van der Waals surface area (Å²) >= 11 is 0. The van der Waals surface area contributed by atoms with Gasteiger partial charge in [-0.15, -0.1) is 0 Å². The number of anilines is 1. The lowest BCUT2D eigenvalue weighted by Crippen LogP contribution is -2.24. The molecule has 2 aromatic carbocycles. The van der Waals surface area contributed by atoms with Gasteiger partial charge in [-0.3, -0.25) is 9.48 Å². The standard InChI is InChI=1S/C20H22N4O3S/c1-3-24-19(12-13-21-24)14-22-28(26,27)20-10-6-17(7-11-20)16-4-8-18(9-5-16)23-15(2)25/h4-13,22H,3,14H2,1-2H3,(H,23,25). The van der Waals surface area contributed by atoms with Crippen molar-refractivity contribution >= 4 is 21.6 Å². The number of sulfonamides is 1. The van der Waals surface area contributed by atoms with Crippen LogP contribution in [0.3, 0.4) is 0 Å². The number of carbonyl (C=O) groups excluding carboxylic acids is 1. The van der Waals surface area contributed by atoms with E-state index in [0.29, 0.717) is 12.2 Å². The van der Waals surface area contributed by atoms with E-state index in [1.807, 2.05) is 19.1 Å². The Bertz CT molecular complexity index is 1060. The number of aromatic nitrogens is 2. The first kappa shape index (κ1) is 19.8. The molecule has 1 aromatic heterocycles. The molecule has 0 radical (unpaired) electrons. The Kier molecular flexibility index (Phi) is 5.91. The summed E-state index contributed by atoms with van der Waals surface area (Å²) < 4.78 is 29.4. The molecule has 0 aliphatic rings. The fourth-order valence-electron chi connectivity index (χ4n) is 2.82. The van der Waals surface area contributed by atoms with E-state index in [1.165, 1.54) is 6.92 Å². The van der Waals surface area contributed by atoms with E-state index in [1.54, 1.807) is 53.3 Å². The third kappa shape index (κ3) is 4.65. The highest BCUT2D eigenvalue weighted by Gasteiger charge is 2.15. The summed E-state index contributed by atoms with van der Waals surface area (Å²) in [4.78, 5) is 11.3. The van der Waals surface area contributed by atoms with Gasteiger partial charge in [0.1, 0.15) is 0 Å². The highest BCUT2D eigenvalue weighted by molar-refractivity contribution is 7.89. The van der Waals surface area contributed by atoms with Crippen molar-refractivity contribution in [3.05, 3.63) is 66.5 Å². The van der Waals surface area contributed by atoms with Crippen molar-refractivity contribution in [2.45, 2.75) is 31.8 Å². The second kappa shape index (κ2) is 8.37. The average Bonchev–Trinajstić information content (AvgIpc) is 3.14. The molecule has 3 rings (SSSR count). The SMILES string of the molecule is CCn1nccc1CNS(=O)(=O)c1ccc(-c2ccc(NC(C)=O)cc2)cc1. The van der Waals surface area contributed by atoms with Crippen molar-refractivity contribution in [2.75, 3.05) is 5.32 Å². The summed E-state index contributed by atoms with van der Waals surface area (Å²) in [5.41, 5.74) is 3.34. The smallest absolute Gasteiger partial charge is 0.240 e. The van der Waals surface area contributed by atoms with Crippen LogP contribution in [-0.4, -0.2) is 24.1 Å². The fraction of sp³-hybridized carbons (Fsp3) is 0.200. The van der Waals surface area contributed by atoms with Crippen LogP contribution in [0.2, 0.25) is 0 Å². The van der Waals surface area contributed by atoms with Gasteiger partial charge >= 0.3 is 0 Å². The quantitative estimate of drug-likeness (QED) is 0.640. The molecule has 2 N–H and O–H groups in total. The van der Waals surface area contributed by atoms with E-state index in [0.717, 1.165) is 16.8 Å². The minimum atomic E-state index is -3.62. The third-order valence-corrected chi connectivity index (χ3v) is 5.67. The van der Waals surface area contributed by atoms with E-state index in [9.17, 15) is 13.2 Å². The maximum Gasteiger partial charge on any atom is 0.240 e. The van der Waals surface area contributed by atoms with Gasteiger partial charge in [0, 0.05) is 25.4 Å². The van der Waals surface area contributed by atoms with E-state index < -0.39 is 10.0 Å². The van der Waals surface area contributed by atoms with Crippen LogP contribution in [0.15, 0.2) is 65.7 Å². The molecule has 7 nitrogen and oxygen atoms in total. The molecule has 0 aliphatic heterocycles. The van der Waals surface area contributed by atoms with Crippen LogP contribution < -0.4 is 10.0 Å². The Balaban J connectivity index is 1.71. The zero-order valence-electron chi connectivity index (χ0n) is 15.7. The van der Waals surface area contributed by atoms with Crippen LogP contribution in [0, 0.1) is 0 Å². The zero-order chi connectivity index (χ0) is 20.1. The predicted molar refractivity (Wildman–Crippen MR) is 108 cm³/mol. The molecule has 0 fully saturated rings. The van der Waals surface area contributed by atoms with E-state index >= 15 is 0 Å². The second-order valence-corrected chi connectivity index (χ2v) is 8.01. The van der Waals surface area contributed by atoms with Crippen molar-refractivity contribution in [1.82, 2.24) is 14.5 Å². The fourth-order valence-corrected chi connectivity index (χ4v) is 3.82. The summed E-state index contributed by atoms with van der Waals surface area (Å²) in [6.07, 6.45) is 1.65. The Labute approximate surface area is 164 Å². The van der Waals surface area contributed by atoms with Crippen molar-refractivity contribution < 1.29 is 13.2 Å².